The Labute approximate surface area is 137 Å². The molecule has 0 aliphatic carbocycles. The van der Waals surface area contributed by atoms with E-state index in [1.165, 1.54) is 11.8 Å². The van der Waals surface area contributed by atoms with E-state index in [0.717, 1.165) is 21.9 Å². The zero-order chi connectivity index (χ0) is 15.5. The number of carbonyl (C=O) groups excluding carboxylic acids is 1. The summed E-state index contributed by atoms with van der Waals surface area (Å²) < 4.78 is 1.96. The van der Waals surface area contributed by atoms with Crippen molar-refractivity contribution in [2.45, 2.75) is 5.16 Å². The highest BCUT2D eigenvalue weighted by molar-refractivity contribution is 7.99. The molecule has 22 heavy (non-hydrogen) atoms. The van der Waals surface area contributed by atoms with Crippen LogP contribution in [0.5, 0.6) is 0 Å². The van der Waals surface area contributed by atoms with Gasteiger partial charge in [-0.15, -0.1) is 0 Å². The van der Waals surface area contributed by atoms with E-state index in [0.29, 0.717) is 10.8 Å². The molecule has 1 aromatic heterocycles. The second kappa shape index (κ2) is 6.42. The van der Waals surface area contributed by atoms with E-state index in [1.807, 2.05) is 60.1 Å². The number of benzene rings is 2. The number of hydrogen-bond donors (Lipinski definition) is 1. The Kier molecular flexibility index (Phi) is 4.36. The predicted molar refractivity (Wildman–Crippen MR) is 91.5 cm³/mol. The number of halogens is 1. The smallest absolute Gasteiger partial charge is 0.234 e. The third kappa shape index (κ3) is 3.26. The number of aryl methyl sites for hydroxylation is 1. The van der Waals surface area contributed by atoms with E-state index in [-0.39, 0.29) is 5.91 Å². The molecule has 4 nitrogen and oxygen atoms in total. The Bertz CT molecular complexity index is 817. The predicted octanol–water partition coefficient (Wildman–Crippen LogP) is 3.96. The summed E-state index contributed by atoms with van der Waals surface area (Å²) in [5.41, 5.74) is 2.63. The lowest BCUT2D eigenvalue weighted by Crippen LogP contribution is -2.14. The standard InChI is InChI=1S/C16H14ClN3OS/c1-20-14-8-7-11(17)9-13(14)19-16(20)22-10-15(21)18-12-5-3-2-4-6-12/h2-9H,10H2,1H3,(H,18,21). The van der Waals surface area contributed by atoms with Gasteiger partial charge in [0.2, 0.25) is 5.91 Å². The third-order valence-corrected chi connectivity index (χ3v) is 4.46. The molecule has 6 heteroatoms. The molecular weight excluding hydrogens is 318 g/mol. The molecule has 0 unspecified atom stereocenters. The molecule has 0 aliphatic heterocycles. The van der Waals surface area contributed by atoms with Crippen molar-refractivity contribution in [2.24, 2.45) is 7.05 Å². The highest BCUT2D eigenvalue weighted by Gasteiger charge is 2.11. The van der Waals surface area contributed by atoms with Gasteiger partial charge in [-0.05, 0) is 30.3 Å². The first-order valence-electron chi connectivity index (χ1n) is 6.73. The van der Waals surface area contributed by atoms with Crippen LogP contribution in [0, 0.1) is 0 Å². The van der Waals surface area contributed by atoms with Gasteiger partial charge < -0.3 is 9.88 Å². The first-order chi connectivity index (χ1) is 10.6. The molecule has 1 heterocycles. The summed E-state index contributed by atoms with van der Waals surface area (Å²) in [7, 11) is 1.93. The molecular formula is C16H14ClN3OS. The van der Waals surface area contributed by atoms with Crippen molar-refractivity contribution in [3.63, 3.8) is 0 Å². The van der Waals surface area contributed by atoms with E-state index in [2.05, 4.69) is 10.3 Å². The number of para-hydroxylation sites is 1. The van der Waals surface area contributed by atoms with Gasteiger partial charge in [-0.3, -0.25) is 4.79 Å². The zero-order valence-electron chi connectivity index (χ0n) is 11.9. The van der Waals surface area contributed by atoms with Crippen molar-refractivity contribution >= 4 is 46.0 Å². The van der Waals surface area contributed by atoms with Crippen molar-refractivity contribution in [2.75, 3.05) is 11.1 Å². The zero-order valence-corrected chi connectivity index (χ0v) is 13.5. The number of carbonyl (C=O) groups is 1. The van der Waals surface area contributed by atoms with Crippen LogP contribution in [0.4, 0.5) is 5.69 Å². The summed E-state index contributed by atoms with van der Waals surface area (Å²) in [4.78, 5) is 16.5. The maximum atomic E-state index is 12.0. The first-order valence-corrected chi connectivity index (χ1v) is 8.09. The van der Waals surface area contributed by atoms with E-state index in [4.69, 9.17) is 11.6 Å². The minimum Gasteiger partial charge on any atom is -0.325 e. The fraction of sp³-hybridized carbons (Fsp3) is 0.125. The van der Waals surface area contributed by atoms with Gasteiger partial charge in [0.05, 0.1) is 16.8 Å². The van der Waals surface area contributed by atoms with E-state index in [1.54, 1.807) is 0 Å². The number of nitrogens with one attached hydrogen (secondary N) is 1. The molecule has 0 aliphatic rings. The molecule has 3 rings (SSSR count). The lowest BCUT2D eigenvalue weighted by atomic mass is 10.3. The molecule has 2 aromatic carbocycles. The van der Waals surface area contributed by atoms with Crippen molar-refractivity contribution in [3.05, 3.63) is 53.6 Å². The molecule has 112 valence electrons. The molecule has 1 amide bonds. The third-order valence-electron chi connectivity index (χ3n) is 3.19. The maximum Gasteiger partial charge on any atom is 0.234 e. The van der Waals surface area contributed by atoms with Crippen LogP contribution in [-0.4, -0.2) is 21.2 Å². The molecule has 0 radical (unpaired) electrons. The largest absolute Gasteiger partial charge is 0.325 e. The number of imidazole rings is 1. The molecule has 0 atom stereocenters. The topological polar surface area (TPSA) is 46.9 Å². The van der Waals surface area contributed by atoms with Gasteiger partial charge in [0.15, 0.2) is 5.16 Å². The number of anilines is 1. The second-order valence-electron chi connectivity index (χ2n) is 4.79. The van der Waals surface area contributed by atoms with Gasteiger partial charge in [-0.25, -0.2) is 4.98 Å². The normalized spacial score (nSPS) is 10.8. The van der Waals surface area contributed by atoms with Gasteiger partial charge in [-0.2, -0.15) is 0 Å². The Morgan fingerprint density at radius 1 is 1.27 bits per heavy atom. The molecule has 0 spiro atoms. The van der Waals surface area contributed by atoms with Crippen LogP contribution < -0.4 is 5.32 Å². The van der Waals surface area contributed by atoms with Crippen molar-refractivity contribution in [1.29, 1.82) is 0 Å². The summed E-state index contributed by atoms with van der Waals surface area (Å²) in [5.74, 6) is 0.251. The fourth-order valence-electron chi connectivity index (χ4n) is 2.13. The summed E-state index contributed by atoms with van der Waals surface area (Å²) >= 11 is 7.38. The van der Waals surface area contributed by atoms with Crippen LogP contribution in [0.25, 0.3) is 11.0 Å². The first kappa shape index (κ1) is 14.9. The lowest BCUT2D eigenvalue weighted by Gasteiger charge is -2.05. The minimum absolute atomic E-state index is 0.0544. The number of rotatable bonds is 4. The summed E-state index contributed by atoms with van der Waals surface area (Å²) in [6, 6.07) is 15.0. The van der Waals surface area contributed by atoms with Crippen LogP contribution in [0.1, 0.15) is 0 Å². The number of hydrogen-bond acceptors (Lipinski definition) is 3. The Morgan fingerprint density at radius 3 is 2.82 bits per heavy atom. The molecule has 1 N–H and O–H groups in total. The van der Waals surface area contributed by atoms with Gasteiger partial charge in [0.25, 0.3) is 0 Å². The van der Waals surface area contributed by atoms with E-state index in [9.17, 15) is 4.79 Å². The van der Waals surface area contributed by atoms with Gasteiger partial charge >= 0.3 is 0 Å². The summed E-state index contributed by atoms with van der Waals surface area (Å²) in [6.07, 6.45) is 0. The van der Waals surface area contributed by atoms with Crippen LogP contribution in [0.2, 0.25) is 5.02 Å². The van der Waals surface area contributed by atoms with E-state index < -0.39 is 0 Å². The Balaban J connectivity index is 1.69. The fourth-order valence-corrected chi connectivity index (χ4v) is 3.08. The molecule has 0 bridgehead atoms. The lowest BCUT2D eigenvalue weighted by molar-refractivity contribution is -0.113. The minimum atomic E-state index is -0.0544. The summed E-state index contributed by atoms with van der Waals surface area (Å²) in [6.45, 7) is 0. The van der Waals surface area contributed by atoms with E-state index >= 15 is 0 Å². The molecule has 0 fully saturated rings. The van der Waals surface area contributed by atoms with Crippen molar-refractivity contribution < 1.29 is 4.79 Å². The highest BCUT2D eigenvalue weighted by atomic mass is 35.5. The SMILES string of the molecule is Cn1c(SCC(=O)Nc2ccccc2)nc2cc(Cl)ccc21. The van der Waals surface area contributed by atoms with Crippen LogP contribution in [0.15, 0.2) is 53.7 Å². The van der Waals surface area contributed by atoms with Gasteiger partial charge in [-0.1, -0.05) is 41.6 Å². The number of nitrogens with zero attached hydrogens (tertiary/aromatic N) is 2. The molecule has 3 aromatic rings. The molecule has 0 saturated heterocycles. The maximum absolute atomic E-state index is 12.0. The Morgan fingerprint density at radius 2 is 2.05 bits per heavy atom. The summed E-state index contributed by atoms with van der Waals surface area (Å²) in [5, 5.41) is 4.31. The Hall–Kier alpha value is -1.98. The van der Waals surface area contributed by atoms with Gasteiger partial charge in [0, 0.05) is 17.8 Å². The van der Waals surface area contributed by atoms with Crippen LogP contribution in [0.3, 0.4) is 0 Å². The van der Waals surface area contributed by atoms with Crippen molar-refractivity contribution in [1.82, 2.24) is 9.55 Å². The average Bonchev–Trinajstić information content (AvgIpc) is 2.82. The average molecular weight is 332 g/mol. The van der Waals surface area contributed by atoms with Gasteiger partial charge in [0.1, 0.15) is 0 Å². The number of fused-ring (bicyclic) bond motifs is 1. The molecule has 0 saturated carbocycles. The highest BCUT2D eigenvalue weighted by Crippen LogP contribution is 2.25. The number of thioether (sulfide) groups is 1. The quantitative estimate of drug-likeness (QED) is 0.736. The monoisotopic (exact) mass is 331 g/mol. The second-order valence-corrected chi connectivity index (χ2v) is 6.17. The number of aromatic nitrogens is 2. The van der Waals surface area contributed by atoms with Crippen molar-refractivity contribution in [3.8, 4) is 0 Å². The van der Waals surface area contributed by atoms with Crippen LogP contribution in [-0.2, 0) is 11.8 Å². The van der Waals surface area contributed by atoms with Crippen LogP contribution >= 0.6 is 23.4 Å². The number of amides is 1.